The number of piperazine rings is 1. The van der Waals surface area contributed by atoms with Gasteiger partial charge < -0.3 is 19.9 Å². The van der Waals surface area contributed by atoms with E-state index < -0.39 is 0 Å². The molecule has 4 heterocycles. The molecule has 2 saturated heterocycles. The molecular weight excluding hydrogens is 418 g/mol. The van der Waals surface area contributed by atoms with Crippen LogP contribution in [0.3, 0.4) is 0 Å². The highest BCUT2D eigenvalue weighted by Crippen LogP contribution is 2.28. The number of ether oxygens (including phenoxy) is 1. The molecule has 172 valence electrons. The largest absolute Gasteiger partial charge is 0.480 e. The van der Waals surface area contributed by atoms with Crippen molar-refractivity contribution < 1.29 is 9.53 Å². The van der Waals surface area contributed by atoms with Crippen LogP contribution >= 0.6 is 0 Å². The number of anilines is 2. The van der Waals surface area contributed by atoms with Gasteiger partial charge in [0.15, 0.2) is 0 Å². The molecule has 1 N–H and O–H groups in total. The molecule has 33 heavy (non-hydrogen) atoms. The summed E-state index contributed by atoms with van der Waals surface area (Å²) in [4.78, 5) is 32.7. The summed E-state index contributed by atoms with van der Waals surface area (Å²) in [7, 11) is 3.27. The third-order valence-electron chi connectivity index (χ3n) is 6.60. The zero-order valence-electron chi connectivity index (χ0n) is 19.1. The Balaban J connectivity index is 1.21. The first kappa shape index (κ1) is 21.4. The maximum atomic E-state index is 11.7. The molecule has 9 heteroatoms. The lowest BCUT2D eigenvalue weighted by atomic mass is 10.2. The maximum absolute atomic E-state index is 11.7. The van der Waals surface area contributed by atoms with E-state index in [-0.39, 0.29) is 5.91 Å². The fourth-order valence-corrected chi connectivity index (χ4v) is 4.74. The third kappa shape index (κ3) is 4.28. The van der Waals surface area contributed by atoms with Gasteiger partial charge in [-0.25, -0.2) is 9.97 Å². The number of carbonyl (C=O) groups is 1. The number of aromatic nitrogens is 3. The predicted octanol–water partition coefficient (Wildman–Crippen LogP) is 1.79. The van der Waals surface area contributed by atoms with E-state index in [9.17, 15) is 4.79 Å². The summed E-state index contributed by atoms with van der Waals surface area (Å²) in [5, 5.41) is 3.54. The summed E-state index contributed by atoms with van der Waals surface area (Å²) in [5.74, 6) is 1.21. The van der Waals surface area contributed by atoms with Crippen LogP contribution in [0.5, 0.6) is 5.88 Å². The lowest BCUT2D eigenvalue weighted by Gasteiger charge is -2.39. The number of fused-ring (bicyclic) bond motifs is 1. The van der Waals surface area contributed by atoms with Gasteiger partial charge >= 0.3 is 0 Å². The second-order valence-corrected chi connectivity index (χ2v) is 8.44. The van der Waals surface area contributed by atoms with Gasteiger partial charge in [-0.15, -0.1) is 0 Å². The first-order valence-corrected chi connectivity index (χ1v) is 11.4. The molecule has 1 aromatic carbocycles. The highest BCUT2D eigenvalue weighted by Gasteiger charge is 2.31. The number of rotatable bonds is 5. The molecule has 3 aromatic rings. The Morgan fingerprint density at radius 1 is 1.03 bits per heavy atom. The van der Waals surface area contributed by atoms with E-state index in [4.69, 9.17) is 9.72 Å². The second kappa shape index (κ2) is 9.19. The molecule has 2 aromatic heterocycles. The lowest BCUT2D eigenvalue weighted by Crippen LogP contribution is -2.51. The van der Waals surface area contributed by atoms with Crippen LogP contribution in [0.2, 0.25) is 0 Å². The van der Waals surface area contributed by atoms with Crippen molar-refractivity contribution in [2.75, 3.05) is 63.2 Å². The summed E-state index contributed by atoms with van der Waals surface area (Å²) in [6.07, 6.45) is 2.89. The summed E-state index contributed by atoms with van der Waals surface area (Å²) in [5.41, 5.74) is 2.41. The first-order valence-electron chi connectivity index (χ1n) is 11.4. The monoisotopic (exact) mass is 447 g/mol. The minimum absolute atomic E-state index is 0.162. The molecule has 2 aliphatic rings. The Kier molecular flexibility index (Phi) is 5.95. The van der Waals surface area contributed by atoms with E-state index in [2.05, 4.69) is 30.0 Å². The smallest absolute Gasteiger partial charge is 0.269 e. The number of nitrogens with one attached hydrogen (secondary N) is 1. The molecule has 1 unspecified atom stereocenters. The van der Waals surface area contributed by atoms with Crippen molar-refractivity contribution >= 4 is 28.4 Å². The van der Waals surface area contributed by atoms with Gasteiger partial charge in [0.2, 0.25) is 11.8 Å². The molecular formula is C24H29N7O2. The minimum Gasteiger partial charge on any atom is -0.480 e. The Morgan fingerprint density at radius 3 is 2.58 bits per heavy atom. The SMILES string of the molecule is CNC(=O)c1ccc(N2CCN(C3CCN(c4nc(OC)c5ccccc5n4)C3)CC2)cn1. The van der Waals surface area contributed by atoms with E-state index in [0.29, 0.717) is 17.6 Å². The van der Waals surface area contributed by atoms with Crippen molar-refractivity contribution in [3.8, 4) is 5.88 Å². The fraction of sp³-hybridized carbons (Fsp3) is 0.417. The zero-order chi connectivity index (χ0) is 22.8. The number of nitrogens with zero attached hydrogens (tertiary/aromatic N) is 6. The molecule has 2 fully saturated rings. The number of carbonyl (C=O) groups excluding carboxylic acids is 1. The van der Waals surface area contributed by atoms with E-state index in [1.807, 2.05) is 30.3 Å². The number of pyridine rings is 1. The number of benzene rings is 1. The molecule has 0 bridgehead atoms. The highest BCUT2D eigenvalue weighted by molar-refractivity contribution is 5.92. The molecule has 5 rings (SSSR count). The lowest BCUT2D eigenvalue weighted by molar-refractivity contribution is 0.0958. The van der Waals surface area contributed by atoms with Crippen LogP contribution in [0.1, 0.15) is 16.9 Å². The number of para-hydroxylation sites is 1. The topological polar surface area (TPSA) is 86.7 Å². The summed E-state index contributed by atoms with van der Waals surface area (Å²) in [6, 6.07) is 12.2. The second-order valence-electron chi connectivity index (χ2n) is 8.44. The standard InChI is InChI=1S/C24H29N7O2/c1-25-22(32)21-8-7-17(15-26-21)29-11-13-30(14-12-29)18-9-10-31(16-18)24-27-20-6-4-3-5-19(20)23(28-24)33-2/h3-8,15,18H,9-14,16H2,1-2H3,(H,25,32). The average molecular weight is 448 g/mol. The van der Waals surface area contributed by atoms with Crippen LogP contribution in [0.15, 0.2) is 42.6 Å². The fourth-order valence-electron chi connectivity index (χ4n) is 4.74. The quantitative estimate of drug-likeness (QED) is 0.634. The predicted molar refractivity (Wildman–Crippen MR) is 128 cm³/mol. The molecule has 1 atom stereocenters. The molecule has 9 nitrogen and oxygen atoms in total. The van der Waals surface area contributed by atoms with Gasteiger partial charge in [0, 0.05) is 52.4 Å². The number of hydrogen-bond donors (Lipinski definition) is 1. The van der Waals surface area contributed by atoms with Crippen LogP contribution < -0.4 is 19.9 Å². The Hall–Kier alpha value is -3.46. The molecule has 0 saturated carbocycles. The minimum atomic E-state index is -0.162. The van der Waals surface area contributed by atoms with Gasteiger partial charge in [0.1, 0.15) is 5.69 Å². The van der Waals surface area contributed by atoms with Crippen LogP contribution in [0.25, 0.3) is 10.9 Å². The number of hydrogen-bond acceptors (Lipinski definition) is 8. The van der Waals surface area contributed by atoms with Gasteiger partial charge in [-0.3, -0.25) is 9.69 Å². The van der Waals surface area contributed by atoms with Gasteiger partial charge in [0.25, 0.3) is 5.91 Å². The molecule has 0 aliphatic carbocycles. The van der Waals surface area contributed by atoms with Crippen molar-refractivity contribution in [3.63, 3.8) is 0 Å². The van der Waals surface area contributed by atoms with Crippen molar-refractivity contribution in [1.29, 1.82) is 0 Å². The van der Waals surface area contributed by atoms with Crippen molar-refractivity contribution in [2.45, 2.75) is 12.5 Å². The Morgan fingerprint density at radius 2 is 1.85 bits per heavy atom. The summed E-state index contributed by atoms with van der Waals surface area (Å²) in [6.45, 7) is 5.74. The van der Waals surface area contributed by atoms with E-state index >= 15 is 0 Å². The third-order valence-corrected chi connectivity index (χ3v) is 6.60. The number of amides is 1. The van der Waals surface area contributed by atoms with Gasteiger partial charge in [0.05, 0.1) is 29.9 Å². The molecule has 1 amide bonds. The average Bonchev–Trinajstić information content (AvgIpc) is 3.38. The van der Waals surface area contributed by atoms with E-state index in [1.165, 1.54) is 0 Å². The first-order chi connectivity index (χ1) is 16.2. The summed E-state index contributed by atoms with van der Waals surface area (Å²) >= 11 is 0. The van der Waals surface area contributed by atoms with Crippen LogP contribution in [0, 0.1) is 0 Å². The molecule has 2 aliphatic heterocycles. The summed E-state index contributed by atoms with van der Waals surface area (Å²) < 4.78 is 5.53. The van der Waals surface area contributed by atoms with Crippen LogP contribution in [-0.4, -0.2) is 85.2 Å². The van der Waals surface area contributed by atoms with Gasteiger partial charge in [-0.2, -0.15) is 4.98 Å². The normalized spacial score (nSPS) is 19.2. The van der Waals surface area contributed by atoms with E-state index in [1.54, 1.807) is 26.4 Å². The van der Waals surface area contributed by atoms with Crippen molar-refractivity contribution in [1.82, 2.24) is 25.2 Å². The number of methoxy groups -OCH3 is 1. The van der Waals surface area contributed by atoms with Crippen molar-refractivity contribution in [3.05, 3.63) is 48.3 Å². The van der Waals surface area contributed by atoms with E-state index in [0.717, 1.165) is 68.2 Å². The Labute approximate surface area is 193 Å². The Bertz CT molecular complexity index is 1130. The van der Waals surface area contributed by atoms with Crippen LogP contribution in [-0.2, 0) is 0 Å². The van der Waals surface area contributed by atoms with Gasteiger partial charge in [-0.05, 0) is 30.7 Å². The molecule has 0 spiro atoms. The van der Waals surface area contributed by atoms with Gasteiger partial charge in [-0.1, -0.05) is 12.1 Å². The zero-order valence-corrected chi connectivity index (χ0v) is 19.1. The van der Waals surface area contributed by atoms with Crippen LogP contribution in [0.4, 0.5) is 11.6 Å². The highest BCUT2D eigenvalue weighted by atomic mass is 16.5. The maximum Gasteiger partial charge on any atom is 0.269 e. The van der Waals surface area contributed by atoms with Crippen molar-refractivity contribution in [2.24, 2.45) is 0 Å². The molecule has 0 radical (unpaired) electrons.